The van der Waals surface area contributed by atoms with Crippen LogP contribution < -0.4 is 0 Å². The van der Waals surface area contributed by atoms with E-state index < -0.39 is 24.3 Å². The van der Waals surface area contributed by atoms with Gasteiger partial charge in [-0.15, -0.1) is 0 Å². The second-order valence-electron chi connectivity index (χ2n) is 22.3. The van der Waals surface area contributed by atoms with Crippen LogP contribution in [0.4, 0.5) is 0 Å². The minimum atomic E-state index is -1.52. The van der Waals surface area contributed by atoms with Gasteiger partial charge in [0.05, 0.1) is 34.4 Å². The summed E-state index contributed by atoms with van der Waals surface area (Å²) in [5, 5.41) is 9.72. The fraction of sp³-hybridized carbons (Fsp3) is 0.750. The van der Waals surface area contributed by atoms with Crippen molar-refractivity contribution in [1.29, 1.82) is 0 Å². The fourth-order valence-electron chi connectivity index (χ4n) is 8.82. The van der Waals surface area contributed by atoms with Crippen molar-refractivity contribution < 1.29 is 42.9 Å². The molecule has 0 fully saturated rings. The Morgan fingerprint density at radius 2 is 0.740 bits per heavy atom. The Bertz CT molecular complexity index is 1540. The number of hydrogen-bond acceptors (Lipinski definition) is 7. The molecule has 1 N–H and O–H groups in total. The highest BCUT2D eigenvalue weighted by Crippen LogP contribution is 2.17. The van der Waals surface area contributed by atoms with Crippen LogP contribution in [0.15, 0.2) is 85.1 Å². The first-order valence-electron chi connectivity index (χ1n) is 31.8. The van der Waals surface area contributed by atoms with Gasteiger partial charge in [-0.2, -0.15) is 0 Å². The molecule has 0 rings (SSSR count). The molecule has 0 aliphatic heterocycles. The van der Waals surface area contributed by atoms with Crippen LogP contribution in [0.2, 0.25) is 0 Å². The smallest absolute Gasteiger partial charge is 0.361 e. The highest BCUT2D eigenvalue weighted by atomic mass is 16.7. The van der Waals surface area contributed by atoms with E-state index in [1.165, 1.54) is 148 Å². The second kappa shape index (κ2) is 58.6. The number of carboxylic acid groups (broad SMARTS) is 1. The molecule has 0 bridgehead atoms. The molecule has 0 aromatic carbocycles. The van der Waals surface area contributed by atoms with Gasteiger partial charge in [-0.05, 0) is 70.6 Å². The zero-order valence-corrected chi connectivity index (χ0v) is 50.6. The lowest BCUT2D eigenvalue weighted by molar-refractivity contribution is -0.870. The number of likely N-dealkylation sites (N-methyl/N-ethyl adjacent to an activating group) is 1. The standard InChI is InChI=1S/C68H119NO8/c1-6-8-10-12-14-16-18-20-22-24-26-28-30-31-32-33-34-35-37-39-41-43-45-47-49-51-53-55-57-59-66(71)77-64(63-76-68(67(72)73)74-61-60-69(3,4)5)62-75-65(70)58-56-54-52-50-48-46-44-42-40-38-36-29-27-25-23-21-19-17-15-13-11-9-7-2/h8,10,14,16,20,22,26,28,31-32,34-35,39,41,64,68H,6-7,9,11-13,15,17-19,21,23-25,27,29-30,33,36-38,40,42-63H2,1-5H3/p+1/b10-8-,16-14-,22-20-,28-26-,32-31-,35-34-,41-39-. The van der Waals surface area contributed by atoms with Crippen molar-refractivity contribution in [2.75, 3.05) is 47.5 Å². The molecule has 77 heavy (non-hydrogen) atoms. The summed E-state index contributed by atoms with van der Waals surface area (Å²) in [5.41, 5.74) is 0. The number of unbranched alkanes of at least 4 members (excludes halogenated alkanes) is 29. The topological polar surface area (TPSA) is 108 Å². The zero-order chi connectivity index (χ0) is 56.2. The number of carbonyl (C=O) groups excluding carboxylic acids is 2. The Morgan fingerprint density at radius 3 is 1.10 bits per heavy atom. The van der Waals surface area contributed by atoms with E-state index >= 15 is 0 Å². The molecule has 9 nitrogen and oxygen atoms in total. The number of ether oxygens (including phenoxy) is 4. The SMILES string of the molecule is CC/C=C\C/C=C\C/C=C\C/C=C\C/C=C\C/C=C\C/C=C\CCCCCCCCCC(=O)OC(COC(=O)CCCCCCCCCCCCCCCCCCCCCCCCC)COC(OCC[N+](C)(C)C)C(=O)O. The summed E-state index contributed by atoms with van der Waals surface area (Å²) in [4.78, 5) is 37.5. The molecule has 0 aromatic rings. The Morgan fingerprint density at radius 1 is 0.403 bits per heavy atom. The van der Waals surface area contributed by atoms with Gasteiger partial charge in [0.1, 0.15) is 13.2 Å². The number of aliphatic carboxylic acids is 1. The van der Waals surface area contributed by atoms with Crippen molar-refractivity contribution in [2.45, 2.75) is 283 Å². The zero-order valence-electron chi connectivity index (χ0n) is 50.6. The third-order valence-electron chi connectivity index (χ3n) is 13.7. The second-order valence-corrected chi connectivity index (χ2v) is 22.3. The monoisotopic (exact) mass is 1080 g/mol. The quantitative estimate of drug-likeness (QED) is 0.0211. The fourth-order valence-corrected chi connectivity index (χ4v) is 8.82. The number of hydrogen-bond donors (Lipinski definition) is 1. The summed E-state index contributed by atoms with van der Waals surface area (Å²) in [6, 6.07) is 0. The first kappa shape index (κ1) is 73.5. The van der Waals surface area contributed by atoms with Gasteiger partial charge in [0.25, 0.3) is 6.29 Å². The predicted molar refractivity (Wildman–Crippen MR) is 327 cm³/mol. The average Bonchev–Trinajstić information content (AvgIpc) is 3.40. The number of nitrogens with zero attached hydrogens (tertiary/aromatic N) is 1. The minimum Gasteiger partial charge on any atom is -0.477 e. The van der Waals surface area contributed by atoms with Crippen LogP contribution in [0.5, 0.6) is 0 Å². The van der Waals surface area contributed by atoms with E-state index in [4.69, 9.17) is 18.9 Å². The van der Waals surface area contributed by atoms with Crippen LogP contribution in [0, 0.1) is 0 Å². The molecule has 0 aliphatic rings. The number of carboxylic acids is 1. The van der Waals surface area contributed by atoms with Gasteiger partial charge in [-0.3, -0.25) is 9.59 Å². The van der Waals surface area contributed by atoms with Crippen LogP contribution in [0.25, 0.3) is 0 Å². The van der Waals surface area contributed by atoms with Gasteiger partial charge in [0.15, 0.2) is 6.10 Å². The number of esters is 2. The Kier molecular flexibility index (Phi) is 55.9. The highest BCUT2D eigenvalue weighted by Gasteiger charge is 2.25. The largest absolute Gasteiger partial charge is 0.477 e. The molecular weight excluding hydrogens is 959 g/mol. The summed E-state index contributed by atoms with van der Waals surface area (Å²) >= 11 is 0. The van der Waals surface area contributed by atoms with Crippen molar-refractivity contribution in [3.05, 3.63) is 85.1 Å². The third kappa shape index (κ3) is 60.0. The summed E-state index contributed by atoms with van der Waals surface area (Å²) < 4.78 is 22.9. The van der Waals surface area contributed by atoms with E-state index in [2.05, 4.69) is 98.9 Å². The van der Waals surface area contributed by atoms with Gasteiger partial charge in [0.2, 0.25) is 0 Å². The lowest BCUT2D eigenvalue weighted by Gasteiger charge is -2.25. The lowest BCUT2D eigenvalue weighted by atomic mass is 10.0. The number of carbonyl (C=O) groups is 3. The van der Waals surface area contributed by atoms with Crippen molar-refractivity contribution >= 4 is 17.9 Å². The van der Waals surface area contributed by atoms with Crippen molar-refractivity contribution in [3.8, 4) is 0 Å². The van der Waals surface area contributed by atoms with Gasteiger partial charge >= 0.3 is 17.9 Å². The van der Waals surface area contributed by atoms with Crippen molar-refractivity contribution in [1.82, 2.24) is 0 Å². The molecule has 0 amide bonds. The molecule has 2 atom stereocenters. The Labute approximate surface area is 474 Å². The average molecular weight is 1080 g/mol. The van der Waals surface area contributed by atoms with E-state index in [0.29, 0.717) is 23.9 Å². The molecule has 2 unspecified atom stereocenters. The van der Waals surface area contributed by atoms with E-state index in [9.17, 15) is 19.5 Å². The van der Waals surface area contributed by atoms with Crippen LogP contribution in [0.3, 0.4) is 0 Å². The first-order valence-corrected chi connectivity index (χ1v) is 31.8. The maximum Gasteiger partial charge on any atom is 0.361 e. The first-order chi connectivity index (χ1) is 37.6. The van der Waals surface area contributed by atoms with Gasteiger partial charge in [-0.25, -0.2) is 4.79 Å². The van der Waals surface area contributed by atoms with E-state index in [1.807, 2.05) is 21.1 Å². The molecule has 0 heterocycles. The van der Waals surface area contributed by atoms with E-state index in [0.717, 1.165) is 89.9 Å². The molecular formula is C68H120NO8+. The van der Waals surface area contributed by atoms with Gasteiger partial charge < -0.3 is 28.5 Å². The van der Waals surface area contributed by atoms with Crippen LogP contribution in [0.1, 0.15) is 271 Å². The normalized spacial score (nSPS) is 13.3. The van der Waals surface area contributed by atoms with Gasteiger partial charge in [0, 0.05) is 12.8 Å². The van der Waals surface area contributed by atoms with Crippen LogP contribution in [-0.4, -0.2) is 87.4 Å². The third-order valence-corrected chi connectivity index (χ3v) is 13.7. The molecule has 9 heteroatoms. The summed E-state index contributed by atoms with van der Waals surface area (Å²) in [7, 11) is 5.97. The molecule has 0 aliphatic carbocycles. The molecule has 0 spiro atoms. The maximum absolute atomic E-state index is 12.9. The summed E-state index contributed by atoms with van der Waals surface area (Å²) in [6.45, 7) is 4.78. The maximum atomic E-state index is 12.9. The Hall–Kier alpha value is -3.53. The molecule has 0 aromatic heterocycles. The molecule has 0 saturated carbocycles. The highest BCUT2D eigenvalue weighted by molar-refractivity contribution is 5.71. The minimum absolute atomic E-state index is 0.183. The van der Waals surface area contributed by atoms with Crippen LogP contribution in [-0.2, 0) is 33.3 Å². The van der Waals surface area contributed by atoms with Crippen molar-refractivity contribution in [2.24, 2.45) is 0 Å². The van der Waals surface area contributed by atoms with Gasteiger partial charge in [-0.1, -0.05) is 272 Å². The Balaban J connectivity index is 4.23. The molecule has 0 saturated heterocycles. The predicted octanol–water partition coefficient (Wildman–Crippen LogP) is 19.1. The van der Waals surface area contributed by atoms with E-state index in [-0.39, 0.29) is 32.2 Å². The lowest BCUT2D eigenvalue weighted by Crippen LogP contribution is -2.40. The summed E-state index contributed by atoms with van der Waals surface area (Å²) in [6.07, 6.45) is 75.3. The molecule has 0 radical (unpaired) electrons. The number of allylic oxidation sites excluding steroid dienone is 14. The number of rotatable bonds is 58. The van der Waals surface area contributed by atoms with Crippen LogP contribution >= 0.6 is 0 Å². The van der Waals surface area contributed by atoms with E-state index in [1.54, 1.807) is 0 Å². The summed E-state index contributed by atoms with van der Waals surface area (Å²) in [5.74, 6) is -2.01. The van der Waals surface area contributed by atoms with Crippen molar-refractivity contribution in [3.63, 3.8) is 0 Å². The number of quaternary nitrogens is 1. The molecule has 444 valence electrons.